The summed E-state index contributed by atoms with van der Waals surface area (Å²) < 4.78 is 0. The Hall–Kier alpha value is -0.650. The van der Waals surface area contributed by atoms with Gasteiger partial charge in [0.15, 0.2) is 0 Å². The summed E-state index contributed by atoms with van der Waals surface area (Å²) in [7, 11) is 4.36. The summed E-state index contributed by atoms with van der Waals surface area (Å²) in [5.41, 5.74) is -0.337. The normalized spacial score (nSPS) is 35.1. The highest BCUT2D eigenvalue weighted by molar-refractivity contribution is 5.82. The van der Waals surface area contributed by atoms with Gasteiger partial charge in [0.1, 0.15) is 0 Å². The Bertz CT molecular complexity index is 557. The lowest BCUT2D eigenvalue weighted by molar-refractivity contribution is -0.156. The van der Waals surface area contributed by atoms with E-state index in [2.05, 4.69) is 79.3 Å². The van der Waals surface area contributed by atoms with Crippen molar-refractivity contribution in [2.75, 3.05) is 27.2 Å². The first-order valence-corrected chi connectivity index (χ1v) is 10.7. The highest BCUT2D eigenvalue weighted by Gasteiger charge is 2.51. The molecular formula is C22H44N4O. The minimum atomic E-state index is -0.458. The minimum Gasteiger partial charge on any atom is -0.301 e. The lowest BCUT2D eigenvalue weighted by Gasteiger charge is -2.55. The molecule has 0 spiro atoms. The summed E-state index contributed by atoms with van der Waals surface area (Å²) in [6.45, 7) is 19.9. The molecule has 2 aliphatic rings. The maximum atomic E-state index is 13.6. The molecule has 1 amide bonds. The largest absolute Gasteiger partial charge is 0.301 e. The van der Waals surface area contributed by atoms with Crippen molar-refractivity contribution in [3.63, 3.8) is 0 Å². The maximum absolute atomic E-state index is 13.6. The van der Waals surface area contributed by atoms with E-state index in [4.69, 9.17) is 5.84 Å². The molecule has 0 radical (unpaired) electrons. The fourth-order valence-corrected chi connectivity index (χ4v) is 5.40. The van der Waals surface area contributed by atoms with Crippen molar-refractivity contribution in [1.82, 2.24) is 14.8 Å². The Morgan fingerprint density at radius 1 is 0.963 bits per heavy atom. The van der Waals surface area contributed by atoms with Crippen molar-refractivity contribution in [3.8, 4) is 0 Å². The monoisotopic (exact) mass is 380 g/mol. The van der Waals surface area contributed by atoms with E-state index in [0.29, 0.717) is 17.8 Å². The van der Waals surface area contributed by atoms with Crippen molar-refractivity contribution < 1.29 is 4.79 Å². The number of amides is 1. The molecule has 2 N–H and O–H groups in total. The van der Waals surface area contributed by atoms with Crippen molar-refractivity contribution in [2.45, 2.75) is 85.4 Å². The van der Waals surface area contributed by atoms with E-state index >= 15 is 0 Å². The van der Waals surface area contributed by atoms with Crippen LogP contribution in [-0.2, 0) is 4.79 Å². The number of rotatable bonds is 3. The predicted octanol–water partition coefficient (Wildman–Crippen LogP) is 3.20. The first-order valence-electron chi connectivity index (χ1n) is 10.7. The zero-order chi connectivity index (χ0) is 20.9. The fourth-order valence-electron chi connectivity index (χ4n) is 5.40. The average Bonchev–Trinajstić information content (AvgIpc) is 2.57. The van der Waals surface area contributed by atoms with Crippen LogP contribution in [0.3, 0.4) is 0 Å². The highest BCUT2D eigenvalue weighted by Crippen LogP contribution is 2.46. The highest BCUT2D eigenvalue weighted by atomic mass is 16.2. The average molecular weight is 381 g/mol. The molecule has 2 fully saturated rings. The number of hydrogen-bond donors (Lipinski definition) is 1. The second-order valence-corrected chi connectivity index (χ2v) is 10.9. The van der Waals surface area contributed by atoms with Crippen LogP contribution in [0.4, 0.5) is 0 Å². The first-order chi connectivity index (χ1) is 12.2. The second kappa shape index (κ2) is 7.31. The van der Waals surface area contributed by atoms with Crippen molar-refractivity contribution in [3.05, 3.63) is 0 Å². The molecule has 0 saturated carbocycles. The van der Waals surface area contributed by atoms with Gasteiger partial charge in [0.25, 0.3) is 0 Å². The Kier molecular flexibility index (Phi) is 6.13. The van der Waals surface area contributed by atoms with Crippen molar-refractivity contribution >= 4 is 5.91 Å². The molecule has 27 heavy (non-hydrogen) atoms. The molecule has 0 aliphatic carbocycles. The number of piperidine rings is 2. The fraction of sp³-hybridized carbons (Fsp3) is 0.955. The predicted molar refractivity (Wildman–Crippen MR) is 113 cm³/mol. The lowest BCUT2D eigenvalue weighted by atomic mass is 9.62. The van der Waals surface area contributed by atoms with Gasteiger partial charge in [0, 0.05) is 23.0 Å². The molecule has 0 aromatic heterocycles. The molecule has 4 atom stereocenters. The maximum Gasteiger partial charge on any atom is 0.242 e. The number of hydrogen-bond acceptors (Lipinski definition) is 4. The third kappa shape index (κ3) is 3.67. The molecule has 0 bridgehead atoms. The quantitative estimate of drug-likeness (QED) is 0.464. The number of carbonyl (C=O) groups is 1. The van der Waals surface area contributed by atoms with Gasteiger partial charge in [-0.1, -0.05) is 27.7 Å². The van der Waals surface area contributed by atoms with Crippen molar-refractivity contribution in [1.29, 1.82) is 0 Å². The van der Waals surface area contributed by atoms with Gasteiger partial charge in [-0.05, 0) is 78.9 Å². The van der Waals surface area contributed by atoms with E-state index in [9.17, 15) is 4.79 Å². The molecule has 4 unspecified atom stereocenters. The summed E-state index contributed by atoms with van der Waals surface area (Å²) >= 11 is 0. The number of nitrogens with zero attached hydrogens (tertiary/aromatic N) is 3. The Morgan fingerprint density at radius 3 is 1.93 bits per heavy atom. The number of hydrazine groups is 1. The molecule has 2 aliphatic heterocycles. The van der Waals surface area contributed by atoms with Gasteiger partial charge in [0.05, 0.1) is 6.04 Å². The molecule has 0 aromatic carbocycles. The summed E-state index contributed by atoms with van der Waals surface area (Å²) in [6, 6.07) is 0.0950. The van der Waals surface area contributed by atoms with Crippen LogP contribution in [0.2, 0.25) is 0 Å². The second-order valence-electron chi connectivity index (χ2n) is 10.9. The third-order valence-corrected chi connectivity index (χ3v) is 8.98. The molecular weight excluding hydrogens is 336 g/mol. The molecule has 5 nitrogen and oxygen atoms in total. The van der Waals surface area contributed by atoms with Gasteiger partial charge in [-0.2, -0.15) is 0 Å². The van der Waals surface area contributed by atoms with Crippen molar-refractivity contribution in [2.24, 2.45) is 29.0 Å². The molecule has 158 valence electrons. The zero-order valence-corrected chi connectivity index (χ0v) is 19.5. The van der Waals surface area contributed by atoms with Crippen LogP contribution in [0.25, 0.3) is 0 Å². The van der Waals surface area contributed by atoms with Gasteiger partial charge in [-0.15, -0.1) is 0 Å². The number of likely N-dealkylation sites (tertiary alicyclic amines) is 2. The van der Waals surface area contributed by atoms with Gasteiger partial charge < -0.3 is 9.80 Å². The summed E-state index contributed by atoms with van der Waals surface area (Å²) in [5, 5.41) is 1.61. The number of carbonyl (C=O) groups excluding carboxylic acids is 1. The third-order valence-electron chi connectivity index (χ3n) is 8.98. The van der Waals surface area contributed by atoms with Gasteiger partial charge in [-0.25, -0.2) is 5.84 Å². The molecule has 2 saturated heterocycles. The summed E-state index contributed by atoms with van der Waals surface area (Å²) in [5.74, 6) is 7.73. The first kappa shape index (κ1) is 22.6. The summed E-state index contributed by atoms with van der Waals surface area (Å²) in [6.07, 6.45) is 1.98. The SMILES string of the molecule is CC1C(N(N)C(=O)C(C)(C)C2CCN(C)C(C)(C)C2C)CCN(C)C1(C)C. The van der Waals surface area contributed by atoms with E-state index in [1.54, 1.807) is 5.01 Å². The molecule has 2 rings (SSSR count). The van der Waals surface area contributed by atoms with E-state index < -0.39 is 5.41 Å². The Balaban J connectivity index is 2.22. The topological polar surface area (TPSA) is 52.8 Å². The van der Waals surface area contributed by atoms with Crippen LogP contribution in [0.5, 0.6) is 0 Å². The van der Waals surface area contributed by atoms with E-state index in [1.807, 2.05) is 0 Å². The molecule has 5 heteroatoms. The molecule has 2 heterocycles. The molecule has 0 aromatic rings. The Morgan fingerprint density at radius 2 is 1.41 bits per heavy atom. The summed E-state index contributed by atoms with van der Waals surface area (Å²) in [4.78, 5) is 18.4. The van der Waals surface area contributed by atoms with Crippen LogP contribution in [0, 0.1) is 23.2 Å². The Labute approximate surface area is 167 Å². The van der Waals surface area contributed by atoms with Gasteiger partial charge >= 0.3 is 0 Å². The lowest BCUT2D eigenvalue weighted by Crippen LogP contribution is -2.65. The van der Waals surface area contributed by atoms with Gasteiger partial charge in [-0.3, -0.25) is 9.80 Å². The van der Waals surface area contributed by atoms with Crippen LogP contribution >= 0.6 is 0 Å². The van der Waals surface area contributed by atoms with Crippen LogP contribution < -0.4 is 5.84 Å². The van der Waals surface area contributed by atoms with E-state index in [-0.39, 0.29) is 23.0 Å². The van der Waals surface area contributed by atoms with Crippen LogP contribution in [0.1, 0.15) is 68.2 Å². The van der Waals surface area contributed by atoms with Crippen LogP contribution in [0.15, 0.2) is 0 Å². The number of nitrogens with two attached hydrogens (primary N) is 1. The smallest absolute Gasteiger partial charge is 0.242 e. The van der Waals surface area contributed by atoms with E-state index in [0.717, 1.165) is 25.9 Å². The zero-order valence-electron chi connectivity index (χ0n) is 19.5. The van der Waals surface area contributed by atoms with Crippen LogP contribution in [-0.4, -0.2) is 65.0 Å². The minimum absolute atomic E-state index is 0.0355. The van der Waals surface area contributed by atoms with E-state index in [1.165, 1.54) is 0 Å². The van der Waals surface area contributed by atoms with Gasteiger partial charge in [0.2, 0.25) is 5.91 Å². The standard InChI is InChI=1S/C22H44N4O/c1-15-17(11-13-24(9)21(15,5)6)20(3,4)19(27)26(23)18-12-14-25(10)22(7,8)16(18)2/h15-18H,11-14,23H2,1-10H3.